The van der Waals surface area contributed by atoms with Gasteiger partial charge in [0, 0.05) is 36.7 Å². The molecule has 6 nitrogen and oxygen atoms in total. The van der Waals surface area contributed by atoms with Gasteiger partial charge in [0.05, 0.1) is 6.54 Å². The van der Waals surface area contributed by atoms with E-state index in [0.717, 1.165) is 37.1 Å². The zero-order valence-electron chi connectivity index (χ0n) is 18.2. The van der Waals surface area contributed by atoms with Crippen LogP contribution in [0.5, 0.6) is 0 Å². The molecule has 0 spiro atoms. The summed E-state index contributed by atoms with van der Waals surface area (Å²) in [6.07, 6.45) is 7.04. The lowest BCUT2D eigenvalue weighted by atomic mass is 10.0. The molecule has 2 heterocycles. The Bertz CT molecular complexity index is 1050. The van der Waals surface area contributed by atoms with Crippen molar-refractivity contribution < 1.29 is 9.18 Å². The van der Waals surface area contributed by atoms with Crippen LogP contribution >= 0.6 is 0 Å². The largest absolute Gasteiger partial charge is 0.341 e. The molecule has 0 saturated carbocycles. The number of carbonyl (C=O) groups excluding carboxylic acids is 1. The number of aromatic nitrogens is 2. The molecule has 1 aromatic heterocycles. The van der Waals surface area contributed by atoms with Gasteiger partial charge in [-0.25, -0.2) is 14.4 Å². The van der Waals surface area contributed by atoms with Crippen molar-refractivity contribution in [1.82, 2.24) is 9.97 Å². The molecule has 2 aromatic carbocycles. The summed E-state index contributed by atoms with van der Waals surface area (Å²) in [7, 11) is 0. The van der Waals surface area contributed by atoms with Gasteiger partial charge in [0.15, 0.2) is 0 Å². The highest BCUT2D eigenvalue weighted by Gasteiger charge is 2.25. The minimum absolute atomic E-state index is 0.242. The second kappa shape index (κ2) is 9.87. The highest BCUT2D eigenvalue weighted by molar-refractivity contribution is 5.98. The number of nitrogens with two attached hydrogens (primary N) is 1. The summed E-state index contributed by atoms with van der Waals surface area (Å²) < 4.78 is 13.7. The van der Waals surface area contributed by atoms with Crippen LogP contribution in [0.4, 0.5) is 16.0 Å². The first-order valence-electron chi connectivity index (χ1n) is 11.0. The number of benzene rings is 2. The van der Waals surface area contributed by atoms with E-state index in [-0.39, 0.29) is 18.3 Å². The molecule has 1 aliphatic rings. The summed E-state index contributed by atoms with van der Waals surface area (Å²) >= 11 is 0. The second-order valence-electron chi connectivity index (χ2n) is 8.18. The number of amides is 1. The van der Waals surface area contributed by atoms with Crippen LogP contribution in [0, 0.1) is 12.7 Å². The maximum absolute atomic E-state index is 13.7. The van der Waals surface area contributed by atoms with Gasteiger partial charge in [-0.2, -0.15) is 0 Å². The molecule has 1 saturated heterocycles. The predicted octanol–water partition coefficient (Wildman–Crippen LogP) is 4.15. The van der Waals surface area contributed by atoms with Crippen molar-refractivity contribution in [2.45, 2.75) is 38.8 Å². The molecule has 1 fully saturated rings. The third-order valence-electron chi connectivity index (χ3n) is 5.81. The zero-order chi connectivity index (χ0) is 22.5. The molecule has 3 aromatic rings. The minimum Gasteiger partial charge on any atom is -0.341 e. The first-order chi connectivity index (χ1) is 15.5. The van der Waals surface area contributed by atoms with Crippen LogP contribution in [-0.4, -0.2) is 29.0 Å². The standard InChI is InChI=1S/C25H28FN5O/c1-18-14-21(26)10-11-22(18)31(24(32)23(27)20-8-4-2-5-9-20)17-19-15-28-25(29-16-19)30-12-6-3-7-13-30/h2,4-5,8-11,14-16,23H,3,6-7,12-13,17,27H2,1H3/t23-/m0/s1. The molecule has 0 bridgehead atoms. The lowest BCUT2D eigenvalue weighted by molar-refractivity contribution is -0.120. The minimum atomic E-state index is -0.839. The highest BCUT2D eigenvalue weighted by atomic mass is 19.1. The Morgan fingerprint density at radius 1 is 1.09 bits per heavy atom. The third-order valence-corrected chi connectivity index (χ3v) is 5.81. The number of hydrogen-bond acceptors (Lipinski definition) is 5. The lowest BCUT2D eigenvalue weighted by Crippen LogP contribution is -2.39. The average molecular weight is 434 g/mol. The number of aryl methyl sites for hydroxylation is 1. The van der Waals surface area contributed by atoms with Crippen LogP contribution in [0.1, 0.15) is 42.0 Å². The SMILES string of the molecule is Cc1cc(F)ccc1N(Cc1cnc(N2CCCCC2)nc1)C(=O)[C@@H](N)c1ccccc1. The summed E-state index contributed by atoms with van der Waals surface area (Å²) in [5, 5.41) is 0. The quantitative estimate of drug-likeness (QED) is 0.632. The Balaban J connectivity index is 1.61. The van der Waals surface area contributed by atoms with Gasteiger partial charge in [-0.3, -0.25) is 4.79 Å². The summed E-state index contributed by atoms with van der Waals surface area (Å²) in [6, 6.07) is 12.8. The first-order valence-corrected chi connectivity index (χ1v) is 11.0. The number of hydrogen-bond donors (Lipinski definition) is 1. The van der Waals surface area contributed by atoms with Gasteiger partial charge in [0.1, 0.15) is 11.9 Å². The van der Waals surface area contributed by atoms with Crippen LogP contribution in [-0.2, 0) is 11.3 Å². The fourth-order valence-corrected chi connectivity index (χ4v) is 4.04. The molecule has 1 atom stereocenters. The summed E-state index contributed by atoms with van der Waals surface area (Å²) in [4.78, 5) is 26.3. The van der Waals surface area contributed by atoms with Gasteiger partial charge in [0.2, 0.25) is 11.9 Å². The average Bonchev–Trinajstić information content (AvgIpc) is 2.83. The molecule has 0 radical (unpaired) electrons. The smallest absolute Gasteiger partial charge is 0.248 e. The Hall–Kier alpha value is -3.32. The molecular formula is C25H28FN5O. The number of anilines is 2. The molecule has 1 aliphatic heterocycles. The van der Waals surface area contributed by atoms with Gasteiger partial charge < -0.3 is 15.5 Å². The summed E-state index contributed by atoms with van der Waals surface area (Å²) in [5.74, 6) is 0.0940. The molecule has 4 rings (SSSR count). The molecule has 32 heavy (non-hydrogen) atoms. The molecule has 1 amide bonds. The van der Waals surface area contributed by atoms with Crippen LogP contribution in [0.15, 0.2) is 60.9 Å². The van der Waals surface area contributed by atoms with Crippen molar-refractivity contribution in [3.8, 4) is 0 Å². The van der Waals surface area contributed by atoms with Crippen molar-refractivity contribution in [3.05, 3.63) is 83.4 Å². The molecule has 0 unspecified atom stereocenters. The number of rotatable bonds is 6. The number of nitrogens with zero attached hydrogens (tertiary/aromatic N) is 4. The normalized spacial score (nSPS) is 14.8. The van der Waals surface area contributed by atoms with E-state index < -0.39 is 6.04 Å². The van der Waals surface area contributed by atoms with E-state index in [2.05, 4.69) is 14.9 Å². The van der Waals surface area contributed by atoms with Gasteiger partial charge in [0.25, 0.3) is 0 Å². The van der Waals surface area contributed by atoms with Crippen LogP contribution in [0.25, 0.3) is 0 Å². The van der Waals surface area contributed by atoms with Crippen molar-refractivity contribution in [2.24, 2.45) is 5.73 Å². The van der Waals surface area contributed by atoms with Crippen molar-refractivity contribution >= 4 is 17.5 Å². The van der Waals surface area contributed by atoms with E-state index in [1.165, 1.54) is 18.6 Å². The van der Waals surface area contributed by atoms with Crippen molar-refractivity contribution in [3.63, 3.8) is 0 Å². The Labute approximate surface area is 187 Å². The van der Waals surface area contributed by atoms with Gasteiger partial charge in [-0.1, -0.05) is 30.3 Å². The van der Waals surface area contributed by atoms with Gasteiger partial charge in [-0.15, -0.1) is 0 Å². The van der Waals surface area contributed by atoms with Crippen molar-refractivity contribution in [1.29, 1.82) is 0 Å². The first kappa shape index (κ1) is 21.9. The topological polar surface area (TPSA) is 75.4 Å². The molecule has 0 aliphatic carbocycles. The highest BCUT2D eigenvalue weighted by Crippen LogP contribution is 2.26. The number of halogens is 1. The predicted molar refractivity (Wildman–Crippen MR) is 124 cm³/mol. The second-order valence-corrected chi connectivity index (χ2v) is 8.18. The number of piperidine rings is 1. The van der Waals surface area contributed by atoms with E-state index in [1.807, 2.05) is 30.3 Å². The van der Waals surface area contributed by atoms with Crippen molar-refractivity contribution in [2.75, 3.05) is 22.9 Å². The fourth-order valence-electron chi connectivity index (χ4n) is 4.04. The van der Waals surface area contributed by atoms with Crippen LogP contribution in [0.3, 0.4) is 0 Å². The maximum Gasteiger partial charge on any atom is 0.248 e. The Kier molecular flexibility index (Phi) is 6.75. The number of carbonyl (C=O) groups is 1. The van der Waals surface area contributed by atoms with Gasteiger partial charge >= 0.3 is 0 Å². The van der Waals surface area contributed by atoms with Crippen LogP contribution < -0.4 is 15.5 Å². The zero-order valence-corrected chi connectivity index (χ0v) is 18.2. The van der Waals surface area contributed by atoms with E-state index in [1.54, 1.807) is 30.3 Å². The fraction of sp³-hybridized carbons (Fsp3) is 0.320. The monoisotopic (exact) mass is 433 g/mol. The molecular weight excluding hydrogens is 405 g/mol. The maximum atomic E-state index is 13.7. The van der Waals surface area contributed by atoms with E-state index in [4.69, 9.17) is 5.73 Å². The molecule has 7 heteroatoms. The Morgan fingerprint density at radius 2 is 1.78 bits per heavy atom. The van der Waals surface area contributed by atoms with Crippen LogP contribution in [0.2, 0.25) is 0 Å². The lowest BCUT2D eigenvalue weighted by Gasteiger charge is -2.28. The summed E-state index contributed by atoms with van der Waals surface area (Å²) in [6.45, 7) is 3.95. The Morgan fingerprint density at radius 3 is 2.44 bits per heavy atom. The van der Waals surface area contributed by atoms with E-state index in [9.17, 15) is 9.18 Å². The van der Waals surface area contributed by atoms with Gasteiger partial charge in [-0.05, 0) is 55.5 Å². The van der Waals surface area contributed by atoms with E-state index in [0.29, 0.717) is 17.2 Å². The third kappa shape index (κ3) is 4.94. The molecule has 166 valence electrons. The van der Waals surface area contributed by atoms with E-state index >= 15 is 0 Å². The molecule has 2 N–H and O–H groups in total. The summed E-state index contributed by atoms with van der Waals surface area (Å²) in [5.41, 5.74) is 9.10.